The van der Waals surface area contributed by atoms with Gasteiger partial charge in [0.15, 0.2) is 22.5 Å². The average molecular weight is 480 g/mol. The first-order chi connectivity index (χ1) is 16.6. The fourth-order valence-electron chi connectivity index (χ4n) is 4.08. The minimum atomic E-state index is -0.127. The third kappa shape index (κ3) is 5.04. The number of carbonyl (C=O) groups is 1. The van der Waals surface area contributed by atoms with Crippen molar-refractivity contribution in [1.29, 1.82) is 0 Å². The second kappa shape index (κ2) is 10.0. The summed E-state index contributed by atoms with van der Waals surface area (Å²) in [5.74, 6) is 2.76. The van der Waals surface area contributed by atoms with Crippen LogP contribution in [0.3, 0.4) is 0 Å². The van der Waals surface area contributed by atoms with Crippen LogP contribution in [0, 0.1) is 5.92 Å². The molecule has 1 aliphatic carbocycles. The van der Waals surface area contributed by atoms with Crippen LogP contribution in [0.2, 0.25) is 0 Å². The van der Waals surface area contributed by atoms with Crippen molar-refractivity contribution in [3.05, 3.63) is 48.3 Å². The van der Waals surface area contributed by atoms with Gasteiger partial charge in [0.2, 0.25) is 5.91 Å². The number of benzene rings is 1. The summed E-state index contributed by atoms with van der Waals surface area (Å²) in [7, 11) is 0. The molecule has 1 atom stereocenters. The van der Waals surface area contributed by atoms with E-state index in [1.807, 2.05) is 30.3 Å². The lowest BCUT2D eigenvalue weighted by molar-refractivity contribution is -0.119. The zero-order valence-corrected chi connectivity index (χ0v) is 20.3. The molecule has 9 heteroatoms. The van der Waals surface area contributed by atoms with Gasteiger partial charge in [0, 0.05) is 30.4 Å². The molecule has 3 heterocycles. The number of aromatic nitrogens is 4. The number of thioether (sulfide) groups is 1. The van der Waals surface area contributed by atoms with Crippen LogP contribution in [0.15, 0.2) is 47.9 Å². The molecule has 0 spiro atoms. The lowest BCUT2D eigenvalue weighted by atomic mass is 9.95. The maximum atomic E-state index is 13.0. The first-order valence-electron chi connectivity index (χ1n) is 11.8. The second-order valence-corrected chi connectivity index (χ2v) is 9.93. The number of rotatable bonds is 8. The van der Waals surface area contributed by atoms with Gasteiger partial charge in [-0.05, 0) is 48.6 Å². The molecule has 2 aliphatic rings. The van der Waals surface area contributed by atoms with Crippen LogP contribution >= 0.6 is 11.8 Å². The highest BCUT2D eigenvalue weighted by molar-refractivity contribution is 7.99. The summed E-state index contributed by atoms with van der Waals surface area (Å²) in [6.07, 6.45) is 6.61. The fourth-order valence-corrected chi connectivity index (χ4v) is 4.90. The van der Waals surface area contributed by atoms with Crippen LogP contribution in [0.4, 0.5) is 0 Å². The number of fused-ring (bicyclic) bond motifs is 1. The molecule has 8 nitrogen and oxygen atoms in total. The van der Waals surface area contributed by atoms with E-state index >= 15 is 0 Å². The monoisotopic (exact) mass is 479 g/mol. The van der Waals surface area contributed by atoms with Gasteiger partial charge in [-0.25, -0.2) is 0 Å². The van der Waals surface area contributed by atoms with E-state index in [2.05, 4.69) is 38.9 Å². The minimum Gasteiger partial charge on any atom is -0.490 e. The molecule has 0 radical (unpaired) electrons. The van der Waals surface area contributed by atoms with Crippen molar-refractivity contribution < 1.29 is 14.3 Å². The summed E-state index contributed by atoms with van der Waals surface area (Å²) < 4.78 is 13.7. The third-order valence-corrected chi connectivity index (χ3v) is 6.89. The highest BCUT2D eigenvalue weighted by Gasteiger charge is 2.30. The maximum absolute atomic E-state index is 13.0. The van der Waals surface area contributed by atoms with Gasteiger partial charge in [0.25, 0.3) is 0 Å². The molecule has 1 N–H and O–H groups in total. The molecule has 1 saturated carbocycles. The zero-order chi connectivity index (χ0) is 23.5. The Morgan fingerprint density at radius 1 is 1.18 bits per heavy atom. The van der Waals surface area contributed by atoms with E-state index in [4.69, 9.17) is 9.47 Å². The number of nitrogens with zero attached hydrogens (tertiary/aromatic N) is 4. The first kappa shape index (κ1) is 22.7. The van der Waals surface area contributed by atoms with E-state index in [1.165, 1.54) is 11.8 Å². The Kier molecular flexibility index (Phi) is 6.71. The van der Waals surface area contributed by atoms with Crippen LogP contribution in [0.1, 0.15) is 50.8 Å². The van der Waals surface area contributed by atoms with Crippen molar-refractivity contribution in [1.82, 2.24) is 25.1 Å². The Bertz CT molecular complexity index is 1150. The lowest BCUT2D eigenvalue weighted by Crippen LogP contribution is -2.33. The van der Waals surface area contributed by atoms with Gasteiger partial charge in [-0.2, -0.15) is 0 Å². The number of ether oxygens (including phenoxy) is 2. The molecule has 0 saturated heterocycles. The minimum absolute atomic E-state index is 0.0379. The maximum Gasteiger partial charge on any atom is 0.230 e. The summed E-state index contributed by atoms with van der Waals surface area (Å²) in [5, 5.41) is 12.8. The Balaban J connectivity index is 1.28. The van der Waals surface area contributed by atoms with Crippen LogP contribution in [-0.2, 0) is 4.79 Å². The van der Waals surface area contributed by atoms with Crippen molar-refractivity contribution in [3.8, 4) is 22.9 Å². The third-order valence-electron chi connectivity index (χ3n) is 5.94. The van der Waals surface area contributed by atoms with Gasteiger partial charge in [-0.3, -0.25) is 14.3 Å². The molecule has 0 unspecified atom stereocenters. The topological polar surface area (TPSA) is 91.2 Å². The Labute approximate surface area is 203 Å². The normalized spacial score (nSPS) is 16.2. The highest BCUT2D eigenvalue weighted by atomic mass is 32.2. The fraction of sp³-hybridized carbons (Fsp3) is 0.440. The van der Waals surface area contributed by atoms with E-state index in [9.17, 15) is 4.79 Å². The number of amides is 1. The Morgan fingerprint density at radius 2 is 2.00 bits per heavy atom. The van der Waals surface area contributed by atoms with Crippen molar-refractivity contribution in [2.24, 2.45) is 5.92 Å². The predicted octanol–water partition coefficient (Wildman–Crippen LogP) is 4.44. The second-order valence-electron chi connectivity index (χ2n) is 8.98. The SMILES string of the molecule is CC(C)[C@@H](NC(=O)CSc1nnc(-c2cccnc2)n1C1CC1)c1ccc2c(c1)OCCCO2. The number of pyridine rings is 1. The van der Waals surface area contributed by atoms with Gasteiger partial charge in [0.05, 0.1) is 25.0 Å². The van der Waals surface area contributed by atoms with Crippen LogP contribution in [0.25, 0.3) is 11.4 Å². The molecule has 1 aliphatic heterocycles. The number of carbonyl (C=O) groups excluding carboxylic acids is 1. The number of hydrogen-bond acceptors (Lipinski definition) is 7. The molecule has 1 fully saturated rings. The van der Waals surface area contributed by atoms with Crippen molar-refractivity contribution in [2.75, 3.05) is 19.0 Å². The molecular formula is C25H29N5O3S. The summed E-state index contributed by atoms with van der Waals surface area (Å²) in [5.41, 5.74) is 1.95. The summed E-state index contributed by atoms with van der Waals surface area (Å²) in [6.45, 7) is 5.49. The van der Waals surface area contributed by atoms with E-state index in [0.717, 1.165) is 52.9 Å². The van der Waals surface area contributed by atoms with Gasteiger partial charge < -0.3 is 14.8 Å². The van der Waals surface area contributed by atoms with Crippen molar-refractivity contribution in [3.63, 3.8) is 0 Å². The van der Waals surface area contributed by atoms with Crippen LogP contribution < -0.4 is 14.8 Å². The highest BCUT2D eigenvalue weighted by Crippen LogP contribution is 2.41. The van der Waals surface area contributed by atoms with Crippen molar-refractivity contribution in [2.45, 2.75) is 50.4 Å². The molecule has 34 heavy (non-hydrogen) atoms. The summed E-state index contributed by atoms with van der Waals surface area (Å²) >= 11 is 1.43. The van der Waals surface area contributed by atoms with Gasteiger partial charge in [0.1, 0.15) is 0 Å². The Hall–Kier alpha value is -3.07. The number of nitrogens with one attached hydrogen (secondary N) is 1. The van der Waals surface area contributed by atoms with Crippen LogP contribution in [0.5, 0.6) is 11.5 Å². The zero-order valence-electron chi connectivity index (χ0n) is 19.4. The van der Waals surface area contributed by atoms with Crippen LogP contribution in [-0.4, -0.2) is 44.6 Å². The lowest BCUT2D eigenvalue weighted by Gasteiger charge is -2.24. The summed E-state index contributed by atoms with van der Waals surface area (Å²) in [4.78, 5) is 17.2. The van der Waals surface area contributed by atoms with E-state index in [-0.39, 0.29) is 23.6 Å². The van der Waals surface area contributed by atoms with Gasteiger partial charge in [-0.15, -0.1) is 10.2 Å². The van der Waals surface area contributed by atoms with E-state index in [0.29, 0.717) is 19.3 Å². The van der Waals surface area contributed by atoms with Gasteiger partial charge in [-0.1, -0.05) is 31.7 Å². The molecule has 2 aromatic heterocycles. The average Bonchev–Trinajstić information content (AvgIpc) is 3.64. The molecule has 0 bridgehead atoms. The molecule has 1 amide bonds. The molecular weight excluding hydrogens is 450 g/mol. The number of hydrogen-bond donors (Lipinski definition) is 1. The predicted molar refractivity (Wildman–Crippen MR) is 130 cm³/mol. The van der Waals surface area contributed by atoms with E-state index < -0.39 is 0 Å². The van der Waals surface area contributed by atoms with E-state index in [1.54, 1.807) is 12.4 Å². The smallest absolute Gasteiger partial charge is 0.230 e. The summed E-state index contributed by atoms with van der Waals surface area (Å²) in [6, 6.07) is 10.1. The molecule has 5 rings (SSSR count). The quantitative estimate of drug-likeness (QED) is 0.478. The molecule has 178 valence electrons. The van der Waals surface area contributed by atoms with Gasteiger partial charge >= 0.3 is 0 Å². The molecule has 3 aromatic rings. The standard InChI is InChI=1S/C25H29N5O3S/c1-16(2)23(17-6-9-20-21(13-17)33-12-4-11-32-20)27-22(31)15-34-25-29-28-24(30(25)19-7-8-19)18-5-3-10-26-14-18/h3,5-6,9-10,13-14,16,19,23H,4,7-8,11-12,15H2,1-2H3,(H,27,31)/t23-/m1/s1. The Morgan fingerprint density at radius 3 is 2.74 bits per heavy atom. The molecule has 1 aromatic carbocycles. The first-order valence-corrected chi connectivity index (χ1v) is 12.8. The van der Waals surface area contributed by atoms with Crippen molar-refractivity contribution >= 4 is 17.7 Å². The largest absolute Gasteiger partial charge is 0.490 e.